The molecule has 3 aromatic carbocycles. The predicted octanol–water partition coefficient (Wildman–Crippen LogP) is 4.32. The van der Waals surface area contributed by atoms with E-state index in [0.29, 0.717) is 23.6 Å². The average molecular weight is 366 g/mol. The molecule has 1 aromatic heterocycles. The lowest BCUT2D eigenvalue weighted by Gasteiger charge is -2.11. The van der Waals surface area contributed by atoms with E-state index in [9.17, 15) is 4.79 Å². The van der Waals surface area contributed by atoms with Crippen LogP contribution in [0, 0.1) is 11.3 Å². The summed E-state index contributed by atoms with van der Waals surface area (Å²) in [6.45, 7) is 0.591. The van der Waals surface area contributed by atoms with Gasteiger partial charge in [0.2, 0.25) is 0 Å². The van der Waals surface area contributed by atoms with Gasteiger partial charge >= 0.3 is 5.69 Å². The molecule has 0 aliphatic rings. The Hall–Kier alpha value is -4.04. The number of nitrogens with one attached hydrogen (secondary N) is 2. The van der Waals surface area contributed by atoms with Gasteiger partial charge in [-0.1, -0.05) is 60.7 Å². The quantitative estimate of drug-likeness (QED) is 0.552. The van der Waals surface area contributed by atoms with Crippen LogP contribution in [0.25, 0.3) is 16.9 Å². The molecule has 4 rings (SSSR count). The zero-order valence-electron chi connectivity index (χ0n) is 15.1. The first-order valence-corrected chi connectivity index (χ1v) is 8.95. The molecular formula is C23H18N4O. The van der Waals surface area contributed by atoms with Gasteiger partial charge in [0, 0.05) is 12.1 Å². The molecule has 2 N–H and O–H groups in total. The minimum Gasteiger partial charge on any atom is -0.366 e. The fourth-order valence-electron chi connectivity index (χ4n) is 3.15. The summed E-state index contributed by atoms with van der Waals surface area (Å²) in [7, 11) is 0. The third-order valence-electron chi connectivity index (χ3n) is 4.51. The maximum Gasteiger partial charge on any atom is 0.332 e. The van der Waals surface area contributed by atoms with Gasteiger partial charge in [-0.05, 0) is 29.8 Å². The van der Waals surface area contributed by atoms with Gasteiger partial charge in [0.15, 0.2) is 0 Å². The molecule has 0 saturated heterocycles. The Morgan fingerprint density at radius 1 is 0.893 bits per heavy atom. The van der Waals surface area contributed by atoms with E-state index in [0.717, 1.165) is 16.8 Å². The SMILES string of the molecule is N#Cc1ccc(-n2c(-c3ccccc3)c(NCc3ccccc3)[nH]c2=O)cc1. The number of hydrogen-bond donors (Lipinski definition) is 2. The van der Waals surface area contributed by atoms with Gasteiger partial charge in [-0.2, -0.15) is 5.26 Å². The van der Waals surface area contributed by atoms with Crippen molar-refractivity contribution in [2.24, 2.45) is 0 Å². The third-order valence-corrected chi connectivity index (χ3v) is 4.51. The first-order chi connectivity index (χ1) is 13.8. The Balaban J connectivity index is 1.80. The van der Waals surface area contributed by atoms with Crippen LogP contribution < -0.4 is 11.0 Å². The van der Waals surface area contributed by atoms with Gasteiger partial charge in [0.25, 0.3) is 0 Å². The second-order valence-corrected chi connectivity index (χ2v) is 6.35. The van der Waals surface area contributed by atoms with Crippen molar-refractivity contribution in [2.45, 2.75) is 6.54 Å². The highest BCUT2D eigenvalue weighted by atomic mass is 16.1. The zero-order valence-corrected chi connectivity index (χ0v) is 15.1. The Labute approximate surface area is 162 Å². The number of aromatic amines is 1. The van der Waals surface area contributed by atoms with E-state index in [-0.39, 0.29) is 5.69 Å². The number of anilines is 1. The van der Waals surface area contributed by atoms with Gasteiger partial charge in [0.05, 0.1) is 23.0 Å². The van der Waals surface area contributed by atoms with E-state index in [1.165, 1.54) is 0 Å². The van der Waals surface area contributed by atoms with Crippen LogP contribution >= 0.6 is 0 Å². The molecule has 0 bridgehead atoms. The summed E-state index contributed by atoms with van der Waals surface area (Å²) in [4.78, 5) is 15.7. The van der Waals surface area contributed by atoms with Crippen LogP contribution in [0.2, 0.25) is 0 Å². The van der Waals surface area contributed by atoms with Crippen LogP contribution in [-0.4, -0.2) is 9.55 Å². The minimum atomic E-state index is -0.237. The highest BCUT2D eigenvalue weighted by Gasteiger charge is 2.17. The van der Waals surface area contributed by atoms with E-state index < -0.39 is 0 Å². The lowest BCUT2D eigenvalue weighted by Crippen LogP contribution is -2.15. The third kappa shape index (κ3) is 3.44. The second kappa shape index (κ2) is 7.68. The highest BCUT2D eigenvalue weighted by molar-refractivity contribution is 5.74. The van der Waals surface area contributed by atoms with Gasteiger partial charge in [-0.3, -0.25) is 9.55 Å². The standard InChI is InChI=1S/C23H18N4O/c24-15-17-11-13-20(14-12-17)27-21(19-9-5-2-6-10-19)22(26-23(27)28)25-16-18-7-3-1-4-8-18/h1-14,25H,16H2,(H,26,28). The number of nitriles is 1. The van der Waals surface area contributed by atoms with E-state index in [1.807, 2.05) is 60.7 Å². The van der Waals surface area contributed by atoms with Crippen molar-refractivity contribution in [3.8, 4) is 23.0 Å². The predicted molar refractivity (Wildman–Crippen MR) is 110 cm³/mol. The summed E-state index contributed by atoms with van der Waals surface area (Å²) in [6.07, 6.45) is 0. The molecule has 0 aliphatic heterocycles. The topological polar surface area (TPSA) is 73.6 Å². The monoisotopic (exact) mass is 366 g/mol. The van der Waals surface area contributed by atoms with E-state index in [4.69, 9.17) is 5.26 Å². The number of aromatic nitrogens is 2. The Morgan fingerprint density at radius 2 is 1.54 bits per heavy atom. The smallest absolute Gasteiger partial charge is 0.332 e. The van der Waals surface area contributed by atoms with Crippen LogP contribution in [0.15, 0.2) is 89.7 Å². The first kappa shape index (κ1) is 17.4. The maximum atomic E-state index is 12.8. The number of hydrogen-bond acceptors (Lipinski definition) is 3. The lowest BCUT2D eigenvalue weighted by molar-refractivity contribution is 0.992. The second-order valence-electron chi connectivity index (χ2n) is 6.35. The summed E-state index contributed by atoms with van der Waals surface area (Å²) < 4.78 is 1.63. The van der Waals surface area contributed by atoms with Gasteiger partial charge in [-0.25, -0.2) is 4.79 Å². The highest BCUT2D eigenvalue weighted by Crippen LogP contribution is 2.28. The molecular weight excluding hydrogens is 348 g/mol. The van der Waals surface area contributed by atoms with Crippen molar-refractivity contribution >= 4 is 5.82 Å². The van der Waals surface area contributed by atoms with Gasteiger partial charge < -0.3 is 5.32 Å². The molecule has 28 heavy (non-hydrogen) atoms. The van der Waals surface area contributed by atoms with Crippen molar-refractivity contribution in [2.75, 3.05) is 5.32 Å². The summed E-state index contributed by atoms with van der Waals surface area (Å²) in [5.41, 5.74) is 3.81. The summed E-state index contributed by atoms with van der Waals surface area (Å²) >= 11 is 0. The normalized spacial score (nSPS) is 10.4. The summed E-state index contributed by atoms with van der Waals surface area (Å²) in [5.74, 6) is 0.657. The first-order valence-electron chi connectivity index (χ1n) is 8.95. The average Bonchev–Trinajstić information content (AvgIpc) is 3.09. The molecule has 0 aliphatic carbocycles. The molecule has 0 spiro atoms. The number of nitrogens with zero attached hydrogens (tertiary/aromatic N) is 2. The summed E-state index contributed by atoms with van der Waals surface area (Å²) in [5, 5.41) is 12.4. The molecule has 4 aromatic rings. The molecule has 1 heterocycles. The Bertz CT molecular complexity index is 1170. The van der Waals surface area contributed by atoms with Crippen molar-refractivity contribution in [3.05, 3.63) is 107 Å². The molecule has 0 saturated carbocycles. The molecule has 0 radical (unpaired) electrons. The van der Waals surface area contributed by atoms with Crippen LogP contribution in [0.3, 0.4) is 0 Å². The molecule has 0 unspecified atom stereocenters. The number of H-pyrrole nitrogens is 1. The van der Waals surface area contributed by atoms with Crippen LogP contribution in [0.5, 0.6) is 0 Å². The van der Waals surface area contributed by atoms with Crippen molar-refractivity contribution in [1.82, 2.24) is 9.55 Å². The Morgan fingerprint density at radius 3 is 2.18 bits per heavy atom. The van der Waals surface area contributed by atoms with Crippen molar-refractivity contribution in [1.29, 1.82) is 5.26 Å². The number of benzene rings is 3. The van der Waals surface area contributed by atoms with Crippen LogP contribution in [0.4, 0.5) is 5.82 Å². The van der Waals surface area contributed by atoms with Crippen molar-refractivity contribution < 1.29 is 0 Å². The molecule has 0 atom stereocenters. The molecule has 5 nitrogen and oxygen atoms in total. The van der Waals surface area contributed by atoms with Gasteiger partial charge in [-0.15, -0.1) is 0 Å². The fourth-order valence-corrected chi connectivity index (χ4v) is 3.15. The van der Waals surface area contributed by atoms with Crippen LogP contribution in [0.1, 0.15) is 11.1 Å². The van der Waals surface area contributed by atoms with Crippen LogP contribution in [-0.2, 0) is 6.54 Å². The maximum absolute atomic E-state index is 12.8. The van der Waals surface area contributed by atoms with E-state index in [1.54, 1.807) is 28.8 Å². The van der Waals surface area contributed by atoms with E-state index >= 15 is 0 Å². The lowest BCUT2D eigenvalue weighted by atomic mass is 10.1. The fraction of sp³-hybridized carbons (Fsp3) is 0.0435. The molecule has 0 amide bonds. The van der Waals surface area contributed by atoms with E-state index in [2.05, 4.69) is 16.4 Å². The largest absolute Gasteiger partial charge is 0.366 e. The number of rotatable bonds is 5. The minimum absolute atomic E-state index is 0.237. The van der Waals surface area contributed by atoms with Crippen molar-refractivity contribution in [3.63, 3.8) is 0 Å². The van der Waals surface area contributed by atoms with Gasteiger partial charge in [0.1, 0.15) is 5.82 Å². The molecule has 136 valence electrons. The summed E-state index contributed by atoms with van der Waals surface area (Å²) in [6, 6.07) is 28.9. The number of imidazole rings is 1. The zero-order chi connectivity index (χ0) is 19.3. The molecule has 5 heteroatoms. The molecule has 0 fully saturated rings. The Kier molecular flexibility index (Phi) is 4.77.